The largest absolute Gasteiger partial charge is 0.308 e. The third kappa shape index (κ3) is 2.40. The highest BCUT2D eigenvalue weighted by Crippen LogP contribution is 2.32. The summed E-state index contributed by atoms with van der Waals surface area (Å²) in [5.41, 5.74) is 2.82. The maximum atomic E-state index is 12.5. The lowest BCUT2D eigenvalue weighted by Gasteiger charge is -2.17. The molecule has 4 heteroatoms. The summed E-state index contributed by atoms with van der Waals surface area (Å²) >= 11 is 9.39. The van der Waals surface area contributed by atoms with E-state index in [2.05, 4.69) is 22.0 Å². The molecule has 3 rings (SSSR count). The number of rotatable bonds is 1. The third-order valence-electron chi connectivity index (χ3n) is 3.26. The van der Waals surface area contributed by atoms with Crippen LogP contribution in [0.2, 0.25) is 5.02 Å². The summed E-state index contributed by atoms with van der Waals surface area (Å²) in [5.74, 6) is -0.000602. The molecule has 0 spiro atoms. The normalized spacial score (nSPS) is 13.5. The molecule has 0 atom stereocenters. The van der Waals surface area contributed by atoms with Crippen LogP contribution in [0.25, 0.3) is 0 Å². The van der Waals surface area contributed by atoms with Gasteiger partial charge < -0.3 is 4.90 Å². The van der Waals surface area contributed by atoms with E-state index in [4.69, 9.17) is 11.6 Å². The van der Waals surface area contributed by atoms with E-state index in [9.17, 15) is 4.79 Å². The predicted octanol–water partition coefficient (Wildman–Crippen LogP) is 4.31. The Bertz CT molecular complexity index is 656. The molecular formula is C15H11BrClNO. The standard InChI is InChI=1S/C15H11BrClNO/c16-12-5-4-10-6-7-18(14(10)9-12)15(19)11-2-1-3-13(17)8-11/h1-5,8-9H,6-7H2. The quantitative estimate of drug-likeness (QED) is 0.760. The molecule has 1 aliphatic heterocycles. The minimum Gasteiger partial charge on any atom is -0.308 e. The van der Waals surface area contributed by atoms with Gasteiger partial charge >= 0.3 is 0 Å². The smallest absolute Gasteiger partial charge is 0.258 e. The molecule has 1 amide bonds. The summed E-state index contributed by atoms with van der Waals surface area (Å²) in [4.78, 5) is 14.3. The molecule has 1 heterocycles. The first-order valence-electron chi connectivity index (χ1n) is 6.01. The third-order valence-corrected chi connectivity index (χ3v) is 3.99. The average molecular weight is 337 g/mol. The molecule has 0 aliphatic carbocycles. The molecule has 2 aromatic carbocycles. The molecule has 96 valence electrons. The molecule has 0 fully saturated rings. The number of anilines is 1. The highest BCUT2D eigenvalue weighted by Gasteiger charge is 2.25. The van der Waals surface area contributed by atoms with Crippen LogP contribution < -0.4 is 4.90 Å². The maximum Gasteiger partial charge on any atom is 0.258 e. The number of carbonyl (C=O) groups is 1. The summed E-state index contributed by atoms with van der Waals surface area (Å²) in [7, 11) is 0. The molecule has 2 aromatic rings. The van der Waals surface area contributed by atoms with E-state index in [0.717, 1.165) is 23.1 Å². The van der Waals surface area contributed by atoms with Gasteiger partial charge in [0.1, 0.15) is 0 Å². The van der Waals surface area contributed by atoms with Crippen molar-refractivity contribution in [1.29, 1.82) is 0 Å². The van der Waals surface area contributed by atoms with E-state index < -0.39 is 0 Å². The zero-order chi connectivity index (χ0) is 13.4. The van der Waals surface area contributed by atoms with Crippen molar-refractivity contribution in [1.82, 2.24) is 0 Å². The van der Waals surface area contributed by atoms with E-state index in [1.807, 2.05) is 17.0 Å². The molecule has 0 N–H and O–H groups in total. The predicted molar refractivity (Wildman–Crippen MR) is 81.0 cm³/mol. The van der Waals surface area contributed by atoms with E-state index >= 15 is 0 Å². The molecule has 19 heavy (non-hydrogen) atoms. The van der Waals surface area contributed by atoms with Gasteiger partial charge in [0.25, 0.3) is 5.91 Å². The van der Waals surface area contributed by atoms with E-state index in [0.29, 0.717) is 10.6 Å². The van der Waals surface area contributed by atoms with Gasteiger partial charge in [0.2, 0.25) is 0 Å². The van der Waals surface area contributed by atoms with Gasteiger partial charge in [0.05, 0.1) is 0 Å². The fourth-order valence-electron chi connectivity index (χ4n) is 2.34. The number of amides is 1. The molecule has 2 nitrogen and oxygen atoms in total. The monoisotopic (exact) mass is 335 g/mol. The van der Waals surface area contributed by atoms with Crippen molar-refractivity contribution >= 4 is 39.1 Å². The molecule has 0 aromatic heterocycles. The Morgan fingerprint density at radius 2 is 2.05 bits per heavy atom. The Morgan fingerprint density at radius 3 is 2.84 bits per heavy atom. The van der Waals surface area contributed by atoms with E-state index in [1.165, 1.54) is 5.56 Å². The van der Waals surface area contributed by atoms with Crippen LogP contribution in [0.15, 0.2) is 46.9 Å². The molecular weight excluding hydrogens is 326 g/mol. The summed E-state index contributed by atoms with van der Waals surface area (Å²) in [5, 5.41) is 0.583. The van der Waals surface area contributed by atoms with Crippen molar-refractivity contribution in [2.45, 2.75) is 6.42 Å². The summed E-state index contributed by atoms with van der Waals surface area (Å²) < 4.78 is 0.983. The first-order valence-corrected chi connectivity index (χ1v) is 7.18. The molecule has 1 aliphatic rings. The second-order valence-corrected chi connectivity index (χ2v) is 5.84. The molecule has 0 saturated heterocycles. The fraction of sp³-hybridized carbons (Fsp3) is 0.133. The Balaban J connectivity index is 1.97. The highest BCUT2D eigenvalue weighted by molar-refractivity contribution is 9.10. The number of benzene rings is 2. The summed E-state index contributed by atoms with van der Waals surface area (Å²) in [6.45, 7) is 0.719. The molecule has 0 saturated carbocycles. The van der Waals surface area contributed by atoms with Crippen molar-refractivity contribution < 1.29 is 4.79 Å². The summed E-state index contributed by atoms with van der Waals surface area (Å²) in [6.07, 6.45) is 0.898. The van der Waals surface area contributed by atoms with Gasteiger partial charge in [0, 0.05) is 27.3 Å². The van der Waals surface area contributed by atoms with Crippen LogP contribution in [-0.2, 0) is 6.42 Å². The lowest BCUT2D eigenvalue weighted by Crippen LogP contribution is -2.28. The number of halogens is 2. The summed E-state index contributed by atoms with van der Waals surface area (Å²) in [6, 6.07) is 13.1. The van der Waals surface area contributed by atoms with Crippen molar-refractivity contribution in [2.75, 3.05) is 11.4 Å². The van der Waals surface area contributed by atoms with Crippen LogP contribution in [-0.4, -0.2) is 12.5 Å². The molecule has 0 unspecified atom stereocenters. The number of carbonyl (C=O) groups excluding carboxylic acids is 1. The molecule has 0 radical (unpaired) electrons. The maximum absolute atomic E-state index is 12.5. The number of nitrogens with zero attached hydrogens (tertiary/aromatic N) is 1. The number of hydrogen-bond acceptors (Lipinski definition) is 1. The second kappa shape index (κ2) is 4.99. The number of hydrogen-bond donors (Lipinski definition) is 0. The second-order valence-electron chi connectivity index (χ2n) is 4.49. The van der Waals surface area contributed by atoms with Crippen LogP contribution in [0.3, 0.4) is 0 Å². The van der Waals surface area contributed by atoms with Crippen molar-refractivity contribution in [2.24, 2.45) is 0 Å². The van der Waals surface area contributed by atoms with Gasteiger partial charge in [-0.3, -0.25) is 4.79 Å². The van der Waals surface area contributed by atoms with E-state index in [1.54, 1.807) is 24.3 Å². The van der Waals surface area contributed by atoms with Gasteiger partial charge in [-0.05, 0) is 42.3 Å². The van der Waals surface area contributed by atoms with Gasteiger partial charge in [-0.2, -0.15) is 0 Å². The zero-order valence-electron chi connectivity index (χ0n) is 10.1. The Morgan fingerprint density at radius 1 is 1.21 bits per heavy atom. The number of fused-ring (bicyclic) bond motifs is 1. The lowest BCUT2D eigenvalue weighted by molar-refractivity contribution is 0.0989. The minimum atomic E-state index is -0.000602. The van der Waals surface area contributed by atoms with E-state index in [-0.39, 0.29) is 5.91 Å². The van der Waals surface area contributed by atoms with Gasteiger partial charge in [-0.25, -0.2) is 0 Å². The van der Waals surface area contributed by atoms with Crippen LogP contribution in [0.1, 0.15) is 15.9 Å². The van der Waals surface area contributed by atoms with Crippen LogP contribution >= 0.6 is 27.5 Å². The first kappa shape index (κ1) is 12.7. The Labute approximate surface area is 125 Å². The van der Waals surface area contributed by atoms with Crippen molar-refractivity contribution in [3.05, 3.63) is 63.1 Å². The van der Waals surface area contributed by atoms with Crippen molar-refractivity contribution in [3.63, 3.8) is 0 Å². The van der Waals surface area contributed by atoms with Crippen LogP contribution in [0.4, 0.5) is 5.69 Å². The van der Waals surface area contributed by atoms with Gasteiger partial charge in [0.15, 0.2) is 0 Å². The first-order chi connectivity index (χ1) is 9.15. The lowest BCUT2D eigenvalue weighted by atomic mass is 10.1. The van der Waals surface area contributed by atoms with Gasteiger partial charge in [-0.15, -0.1) is 0 Å². The highest BCUT2D eigenvalue weighted by atomic mass is 79.9. The zero-order valence-corrected chi connectivity index (χ0v) is 12.4. The SMILES string of the molecule is O=C(c1cccc(Cl)c1)N1CCc2ccc(Br)cc21. The Kier molecular flexibility index (Phi) is 3.33. The van der Waals surface area contributed by atoms with Crippen LogP contribution in [0, 0.1) is 0 Å². The Hall–Kier alpha value is -1.32. The average Bonchev–Trinajstić information content (AvgIpc) is 2.80. The van der Waals surface area contributed by atoms with Crippen molar-refractivity contribution in [3.8, 4) is 0 Å². The molecule has 0 bridgehead atoms. The van der Waals surface area contributed by atoms with Crippen LogP contribution in [0.5, 0.6) is 0 Å². The minimum absolute atomic E-state index is 0.000602. The fourth-order valence-corrected chi connectivity index (χ4v) is 2.88. The van der Waals surface area contributed by atoms with Gasteiger partial charge in [-0.1, -0.05) is 39.7 Å². The topological polar surface area (TPSA) is 20.3 Å².